The number of carbonyl (C=O) groups excluding carboxylic acids is 3. The van der Waals surface area contributed by atoms with Gasteiger partial charge in [0.15, 0.2) is 5.15 Å². The molecule has 13 heteroatoms. The fourth-order valence-electron chi connectivity index (χ4n) is 2.73. The summed E-state index contributed by atoms with van der Waals surface area (Å²) in [6, 6.07) is 3.67. The molecule has 0 saturated heterocycles. The van der Waals surface area contributed by atoms with E-state index < -0.39 is 36.3 Å². The Morgan fingerprint density at radius 2 is 2.00 bits per heavy atom. The minimum atomic E-state index is -1.05. The number of esters is 1. The van der Waals surface area contributed by atoms with Gasteiger partial charge in [0.2, 0.25) is 11.8 Å². The highest BCUT2D eigenvalue weighted by molar-refractivity contribution is 6.31. The standard InChI is InChI=1S/C18H20Cl3N5O5/c1-30-6-5-14(18(29)31-2)25(17(28)8-19)10-16(27)22-12-7-11(20)3-4-13(12)26-9-15(21)23-24-26/h3-4,7,9,14H,5-6,8,10H2,1-2H3,(H,22,27)/t14-/m0/s1. The van der Waals surface area contributed by atoms with Crippen LogP contribution in [0.2, 0.25) is 10.2 Å². The van der Waals surface area contributed by atoms with Crippen LogP contribution in [0.4, 0.5) is 5.69 Å². The number of nitrogens with one attached hydrogen (secondary N) is 1. The van der Waals surface area contributed by atoms with Crippen LogP contribution in [0.5, 0.6) is 0 Å². The van der Waals surface area contributed by atoms with E-state index in [0.717, 1.165) is 4.90 Å². The van der Waals surface area contributed by atoms with Crippen LogP contribution in [-0.4, -0.2) is 77.0 Å². The lowest BCUT2D eigenvalue weighted by Gasteiger charge is -2.29. The maximum absolute atomic E-state index is 12.8. The van der Waals surface area contributed by atoms with Crippen molar-refractivity contribution in [2.75, 3.05) is 38.6 Å². The Balaban J connectivity index is 2.27. The smallest absolute Gasteiger partial charge is 0.328 e. The van der Waals surface area contributed by atoms with E-state index in [1.165, 1.54) is 31.2 Å². The van der Waals surface area contributed by atoms with Gasteiger partial charge in [-0.25, -0.2) is 9.48 Å². The van der Waals surface area contributed by atoms with Crippen LogP contribution in [0.1, 0.15) is 6.42 Å². The Morgan fingerprint density at radius 3 is 2.58 bits per heavy atom. The molecule has 0 fully saturated rings. The molecule has 0 aliphatic rings. The molecule has 0 spiro atoms. The first-order chi connectivity index (χ1) is 14.8. The highest BCUT2D eigenvalue weighted by Crippen LogP contribution is 2.25. The molecule has 1 atom stereocenters. The molecule has 0 aliphatic carbocycles. The van der Waals surface area contributed by atoms with Crippen molar-refractivity contribution in [1.82, 2.24) is 19.9 Å². The summed E-state index contributed by atoms with van der Waals surface area (Å²) >= 11 is 17.6. The summed E-state index contributed by atoms with van der Waals surface area (Å²) in [4.78, 5) is 38.4. The topological polar surface area (TPSA) is 116 Å². The van der Waals surface area contributed by atoms with E-state index >= 15 is 0 Å². The summed E-state index contributed by atoms with van der Waals surface area (Å²) in [6.07, 6.45) is 1.57. The van der Waals surface area contributed by atoms with Crippen molar-refractivity contribution in [3.8, 4) is 5.69 Å². The van der Waals surface area contributed by atoms with Gasteiger partial charge in [-0.15, -0.1) is 16.7 Å². The summed E-state index contributed by atoms with van der Waals surface area (Å²) in [5.74, 6) is -2.32. The molecule has 0 radical (unpaired) electrons. The lowest BCUT2D eigenvalue weighted by atomic mass is 10.1. The Morgan fingerprint density at radius 1 is 1.26 bits per heavy atom. The van der Waals surface area contributed by atoms with E-state index in [2.05, 4.69) is 15.6 Å². The van der Waals surface area contributed by atoms with E-state index in [0.29, 0.717) is 16.4 Å². The largest absolute Gasteiger partial charge is 0.467 e. The number of carbonyl (C=O) groups is 3. The SMILES string of the molecule is COCC[C@@H](C(=O)OC)N(CC(=O)Nc1cc(Cl)ccc1-n1cc(Cl)nn1)C(=O)CCl. The van der Waals surface area contributed by atoms with E-state index in [9.17, 15) is 14.4 Å². The van der Waals surface area contributed by atoms with Gasteiger partial charge in [0.25, 0.3) is 0 Å². The molecular formula is C18H20Cl3N5O5. The number of amides is 2. The van der Waals surface area contributed by atoms with Crippen LogP contribution in [0, 0.1) is 0 Å². The van der Waals surface area contributed by atoms with Crippen molar-refractivity contribution in [2.24, 2.45) is 0 Å². The van der Waals surface area contributed by atoms with Gasteiger partial charge in [0, 0.05) is 25.2 Å². The molecule has 2 amide bonds. The Labute approximate surface area is 193 Å². The molecule has 1 N–H and O–H groups in total. The molecular weight excluding hydrogens is 473 g/mol. The van der Waals surface area contributed by atoms with Gasteiger partial charge >= 0.3 is 5.97 Å². The third-order valence-electron chi connectivity index (χ3n) is 4.14. The van der Waals surface area contributed by atoms with Crippen LogP contribution in [-0.2, 0) is 23.9 Å². The quantitative estimate of drug-likeness (QED) is 0.399. The van der Waals surface area contributed by atoms with Crippen molar-refractivity contribution in [1.29, 1.82) is 0 Å². The van der Waals surface area contributed by atoms with Crippen LogP contribution in [0.3, 0.4) is 0 Å². The average Bonchev–Trinajstić information content (AvgIpc) is 3.18. The Bertz CT molecular complexity index is 939. The zero-order valence-corrected chi connectivity index (χ0v) is 18.9. The highest BCUT2D eigenvalue weighted by atomic mass is 35.5. The van der Waals surface area contributed by atoms with Crippen molar-refractivity contribution in [3.63, 3.8) is 0 Å². The zero-order chi connectivity index (χ0) is 23.0. The van der Waals surface area contributed by atoms with E-state index in [4.69, 9.17) is 44.3 Å². The number of ether oxygens (including phenoxy) is 2. The van der Waals surface area contributed by atoms with Gasteiger partial charge in [-0.3, -0.25) is 9.59 Å². The lowest BCUT2D eigenvalue weighted by molar-refractivity contribution is -0.153. The third-order valence-corrected chi connectivity index (χ3v) is 4.78. The average molecular weight is 493 g/mol. The second-order valence-electron chi connectivity index (χ2n) is 6.17. The molecule has 2 aromatic rings. The van der Waals surface area contributed by atoms with Crippen molar-refractivity contribution in [2.45, 2.75) is 12.5 Å². The highest BCUT2D eigenvalue weighted by Gasteiger charge is 2.31. The monoisotopic (exact) mass is 491 g/mol. The van der Waals surface area contributed by atoms with E-state index in [1.54, 1.807) is 12.1 Å². The van der Waals surface area contributed by atoms with Crippen molar-refractivity contribution >= 4 is 58.3 Å². The molecule has 168 valence electrons. The summed E-state index contributed by atoms with van der Waals surface area (Å²) < 4.78 is 11.1. The second-order valence-corrected chi connectivity index (χ2v) is 7.26. The molecule has 0 unspecified atom stereocenters. The number of methoxy groups -OCH3 is 2. The van der Waals surface area contributed by atoms with Crippen LogP contribution in [0.25, 0.3) is 5.69 Å². The van der Waals surface area contributed by atoms with E-state index in [1.807, 2.05) is 0 Å². The van der Waals surface area contributed by atoms with Gasteiger partial charge in [-0.1, -0.05) is 28.4 Å². The number of aromatic nitrogens is 3. The number of hydrogen-bond donors (Lipinski definition) is 1. The van der Waals surface area contributed by atoms with Crippen LogP contribution in [0.15, 0.2) is 24.4 Å². The van der Waals surface area contributed by atoms with Gasteiger partial charge in [0.05, 0.1) is 24.7 Å². The molecule has 0 saturated carbocycles. The molecule has 2 rings (SSSR count). The second kappa shape index (κ2) is 11.8. The Kier molecular flexibility index (Phi) is 9.50. The minimum absolute atomic E-state index is 0.124. The first-order valence-electron chi connectivity index (χ1n) is 8.90. The number of rotatable bonds is 10. The summed E-state index contributed by atoms with van der Waals surface area (Å²) in [7, 11) is 2.64. The number of hydrogen-bond acceptors (Lipinski definition) is 7. The van der Waals surface area contributed by atoms with Gasteiger partial charge in [0.1, 0.15) is 18.5 Å². The fraction of sp³-hybridized carbons (Fsp3) is 0.389. The van der Waals surface area contributed by atoms with Crippen LogP contribution >= 0.6 is 34.8 Å². The first-order valence-corrected chi connectivity index (χ1v) is 10.2. The molecule has 1 aromatic carbocycles. The molecule has 0 bridgehead atoms. The fourth-order valence-corrected chi connectivity index (χ4v) is 3.18. The van der Waals surface area contributed by atoms with Gasteiger partial charge in [-0.05, 0) is 18.2 Å². The predicted molar refractivity (Wildman–Crippen MR) is 115 cm³/mol. The number of anilines is 1. The van der Waals surface area contributed by atoms with Crippen molar-refractivity contribution < 1.29 is 23.9 Å². The maximum atomic E-state index is 12.8. The number of alkyl halides is 1. The first kappa shape index (κ1) is 24.9. The number of halogens is 3. The molecule has 31 heavy (non-hydrogen) atoms. The molecule has 1 aromatic heterocycles. The van der Waals surface area contributed by atoms with E-state index in [-0.39, 0.29) is 18.2 Å². The molecule has 0 aliphatic heterocycles. The normalized spacial score (nSPS) is 11.6. The predicted octanol–water partition coefficient (Wildman–Crippen LogP) is 2.16. The van der Waals surface area contributed by atoms with Gasteiger partial charge in [-0.2, -0.15) is 0 Å². The van der Waals surface area contributed by atoms with Gasteiger partial charge < -0.3 is 19.7 Å². The number of benzene rings is 1. The molecule has 1 heterocycles. The van der Waals surface area contributed by atoms with Crippen molar-refractivity contribution in [3.05, 3.63) is 34.6 Å². The summed E-state index contributed by atoms with van der Waals surface area (Å²) in [5, 5.41) is 10.7. The zero-order valence-electron chi connectivity index (χ0n) is 16.7. The lowest BCUT2D eigenvalue weighted by Crippen LogP contribution is -2.50. The maximum Gasteiger partial charge on any atom is 0.328 e. The summed E-state index contributed by atoms with van der Waals surface area (Å²) in [5.41, 5.74) is 0.736. The minimum Gasteiger partial charge on any atom is -0.467 e. The third kappa shape index (κ3) is 6.79. The van der Waals surface area contributed by atoms with Crippen LogP contribution < -0.4 is 5.32 Å². The Hall–Kier alpha value is -2.40. The number of nitrogens with zero attached hydrogens (tertiary/aromatic N) is 4. The molecule has 10 nitrogen and oxygen atoms in total. The summed E-state index contributed by atoms with van der Waals surface area (Å²) in [6.45, 7) is -0.294.